The van der Waals surface area contributed by atoms with Gasteiger partial charge in [0.1, 0.15) is 0 Å². The van der Waals surface area contributed by atoms with E-state index in [1.54, 1.807) is 23.8 Å². The molecule has 1 amide bonds. The van der Waals surface area contributed by atoms with Crippen LogP contribution in [0.2, 0.25) is 0 Å². The Morgan fingerprint density at radius 1 is 1.30 bits per heavy atom. The molecule has 0 heterocycles. The summed E-state index contributed by atoms with van der Waals surface area (Å²) in [4.78, 5) is 13.6. The van der Waals surface area contributed by atoms with Crippen LogP contribution in [0, 0.1) is 0 Å². The zero-order valence-electron chi connectivity index (χ0n) is 12.0. The highest BCUT2D eigenvalue weighted by Crippen LogP contribution is 2.08. The molecule has 0 aliphatic rings. The average Bonchev–Trinajstić information content (AvgIpc) is 2.49. The summed E-state index contributed by atoms with van der Waals surface area (Å²) in [6, 6.07) is 10.2. The van der Waals surface area contributed by atoms with Crippen LogP contribution in [-0.4, -0.2) is 60.8 Å². The largest absolute Gasteiger partial charge is 0.395 e. The maximum atomic E-state index is 12.0. The summed E-state index contributed by atoms with van der Waals surface area (Å²) in [5, 5.41) is 8.96. The van der Waals surface area contributed by atoms with Gasteiger partial charge in [0.05, 0.1) is 19.0 Å². The quantitative estimate of drug-likeness (QED) is 0.664. The number of aliphatic hydroxyl groups is 1. The van der Waals surface area contributed by atoms with E-state index >= 15 is 0 Å². The summed E-state index contributed by atoms with van der Waals surface area (Å²) in [7, 11) is 1.61. The first-order valence-corrected chi connectivity index (χ1v) is 7.92. The Hall–Kier alpha value is -1.04. The van der Waals surface area contributed by atoms with Crippen LogP contribution in [0.25, 0.3) is 0 Å². The third-order valence-corrected chi connectivity index (χ3v) is 3.84. The number of ether oxygens (including phenoxy) is 1. The monoisotopic (exact) mass is 297 g/mol. The van der Waals surface area contributed by atoms with E-state index in [0.717, 1.165) is 12.2 Å². The first kappa shape index (κ1) is 17.0. The second-order valence-corrected chi connectivity index (χ2v) is 5.49. The zero-order valence-corrected chi connectivity index (χ0v) is 12.8. The van der Waals surface area contributed by atoms with Crippen molar-refractivity contribution in [3.05, 3.63) is 35.9 Å². The molecule has 0 atom stereocenters. The fraction of sp³-hybridized carbons (Fsp3) is 0.533. The highest BCUT2D eigenvalue weighted by molar-refractivity contribution is 7.99. The van der Waals surface area contributed by atoms with Crippen molar-refractivity contribution in [2.75, 3.05) is 44.9 Å². The van der Waals surface area contributed by atoms with Gasteiger partial charge in [0.2, 0.25) is 5.91 Å². The van der Waals surface area contributed by atoms with Gasteiger partial charge in [-0.3, -0.25) is 4.79 Å². The number of aliphatic hydroxyl groups excluding tert-OH is 1. The van der Waals surface area contributed by atoms with Crippen LogP contribution in [0.3, 0.4) is 0 Å². The highest BCUT2D eigenvalue weighted by Gasteiger charge is 2.12. The van der Waals surface area contributed by atoms with Crippen molar-refractivity contribution in [2.45, 2.75) is 6.42 Å². The summed E-state index contributed by atoms with van der Waals surface area (Å²) < 4.78 is 4.97. The number of hydrogen-bond acceptors (Lipinski definition) is 4. The standard InChI is InChI=1S/C15H23NO3S/c1-19-11-9-16(8-10-17)15(18)13-20-12-7-14-5-3-2-4-6-14/h2-6,17H,7-13H2,1H3. The lowest BCUT2D eigenvalue weighted by molar-refractivity contribution is -0.129. The number of methoxy groups -OCH3 is 1. The van der Waals surface area contributed by atoms with Gasteiger partial charge >= 0.3 is 0 Å². The molecule has 0 unspecified atom stereocenters. The molecular weight excluding hydrogens is 274 g/mol. The van der Waals surface area contributed by atoms with Crippen molar-refractivity contribution < 1.29 is 14.6 Å². The van der Waals surface area contributed by atoms with Crippen LogP contribution in [-0.2, 0) is 16.0 Å². The number of aryl methyl sites for hydroxylation is 1. The summed E-state index contributed by atoms with van der Waals surface area (Å²) >= 11 is 1.63. The van der Waals surface area contributed by atoms with Gasteiger partial charge in [-0.05, 0) is 17.7 Å². The van der Waals surface area contributed by atoms with Gasteiger partial charge in [-0.25, -0.2) is 0 Å². The lowest BCUT2D eigenvalue weighted by atomic mass is 10.2. The molecule has 0 aromatic heterocycles. The molecule has 0 aliphatic carbocycles. The Bertz CT molecular complexity index is 373. The molecular formula is C15H23NO3S. The minimum absolute atomic E-state index is 0.00979. The number of rotatable bonds is 10. The van der Waals surface area contributed by atoms with Crippen molar-refractivity contribution in [3.63, 3.8) is 0 Å². The van der Waals surface area contributed by atoms with Crippen molar-refractivity contribution >= 4 is 17.7 Å². The second kappa shape index (κ2) is 10.7. The molecule has 1 aromatic carbocycles. The van der Waals surface area contributed by atoms with E-state index in [4.69, 9.17) is 9.84 Å². The number of hydrogen-bond donors (Lipinski definition) is 1. The molecule has 0 aliphatic heterocycles. The Morgan fingerprint density at radius 3 is 2.70 bits per heavy atom. The van der Waals surface area contributed by atoms with Crippen LogP contribution >= 0.6 is 11.8 Å². The third-order valence-electron chi connectivity index (χ3n) is 2.89. The molecule has 0 saturated carbocycles. The van der Waals surface area contributed by atoms with Gasteiger partial charge in [0.15, 0.2) is 0 Å². The van der Waals surface area contributed by atoms with Gasteiger partial charge in [0, 0.05) is 20.2 Å². The summed E-state index contributed by atoms with van der Waals surface area (Å²) in [6.45, 7) is 1.40. The Balaban J connectivity index is 2.23. The molecule has 1 rings (SSSR count). The molecule has 0 bridgehead atoms. The fourth-order valence-electron chi connectivity index (χ4n) is 1.77. The molecule has 1 N–H and O–H groups in total. The van der Waals surface area contributed by atoms with Crippen molar-refractivity contribution in [1.82, 2.24) is 4.90 Å². The fourth-order valence-corrected chi connectivity index (χ4v) is 2.65. The molecule has 4 nitrogen and oxygen atoms in total. The predicted octanol–water partition coefficient (Wildman–Crippen LogP) is 1.43. The normalized spacial score (nSPS) is 10.5. The number of thioether (sulfide) groups is 1. The van der Waals surface area contributed by atoms with E-state index in [0.29, 0.717) is 25.4 Å². The Labute approximate surface area is 125 Å². The van der Waals surface area contributed by atoms with Crippen LogP contribution in [0.5, 0.6) is 0 Å². The summed E-state index contributed by atoms with van der Waals surface area (Å²) in [5.41, 5.74) is 1.29. The minimum Gasteiger partial charge on any atom is -0.395 e. The molecule has 0 radical (unpaired) electrons. The second-order valence-electron chi connectivity index (χ2n) is 4.39. The maximum Gasteiger partial charge on any atom is 0.232 e. The van der Waals surface area contributed by atoms with Gasteiger partial charge in [-0.1, -0.05) is 30.3 Å². The van der Waals surface area contributed by atoms with Gasteiger partial charge in [0.25, 0.3) is 0 Å². The van der Waals surface area contributed by atoms with Crippen LogP contribution in [0.4, 0.5) is 0 Å². The molecule has 0 spiro atoms. The van der Waals surface area contributed by atoms with Gasteiger partial charge < -0.3 is 14.7 Å². The number of benzene rings is 1. The minimum atomic E-state index is -0.00979. The van der Waals surface area contributed by atoms with Gasteiger partial charge in [-0.15, -0.1) is 0 Å². The van der Waals surface area contributed by atoms with Crippen molar-refractivity contribution in [3.8, 4) is 0 Å². The van der Waals surface area contributed by atoms with E-state index in [1.807, 2.05) is 18.2 Å². The van der Waals surface area contributed by atoms with E-state index < -0.39 is 0 Å². The molecule has 112 valence electrons. The van der Waals surface area contributed by atoms with Gasteiger partial charge in [-0.2, -0.15) is 11.8 Å². The number of nitrogens with zero attached hydrogens (tertiary/aromatic N) is 1. The Kier molecular flexibility index (Phi) is 9.11. The number of carbonyl (C=O) groups is 1. The van der Waals surface area contributed by atoms with Crippen LogP contribution < -0.4 is 0 Å². The molecule has 0 fully saturated rings. The van der Waals surface area contributed by atoms with Crippen LogP contribution in [0.1, 0.15) is 5.56 Å². The lowest BCUT2D eigenvalue weighted by Gasteiger charge is -2.21. The SMILES string of the molecule is COCCN(CCO)C(=O)CSCCc1ccccc1. The Morgan fingerprint density at radius 2 is 2.05 bits per heavy atom. The number of amides is 1. The van der Waals surface area contributed by atoms with Crippen LogP contribution in [0.15, 0.2) is 30.3 Å². The lowest BCUT2D eigenvalue weighted by Crippen LogP contribution is -2.37. The molecule has 0 saturated heterocycles. The molecule has 1 aromatic rings. The first-order chi connectivity index (χ1) is 9.77. The van der Waals surface area contributed by atoms with E-state index in [2.05, 4.69) is 12.1 Å². The van der Waals surface area contributed by atoms with Crippen molar-refractivity contribution in [1.29, 1.82) is 0 Å². The smallest absolute Gasteiger partial charge is 0.232 e. The topological polar surface area (TPSA) is 49.8 Å². The van der Waals surface area contributed by atoms with Crippen molar-refractivity contribution in [2.24, 2.45) is 0 Å². The van der Waals surface area contributed by atoms with E-state index in [1.165, 1.54) is 5.56 Å². The molecule has 20 heavy (non-hydrogen) atoms. The third kappa shape index (κ3) is 6.93. The predicted molar refractivity (Wildman–Crippen MR) is 83.0 cm³/mol. The zero-order chi connectivity index (χ0) is 14.6. The van der Waals surface area contributed by atoms with E-state index in [-0.39, 0.29) is 12.5 Å². The summed E-state index contributed by atoms with van der Waals surface area (Å²) in [6.07, 6.45) is 0.969. The first-order valence-electron chi connectivity index (χ1n) is 6.77. The average molecular weight is 297 g/mol. The maximum absolute atomic E-state index is 12.0. The number of carbonyl (C=O) groups excluding carboxylic acids is 1. The van der Waals surface area contributed by atoms with E-state index in [9.17, 15) is 4.79 Å². The highest BCUT2D eigenvalue weighted by atomic mass is 32.2. The molecule has 5 heteroatoms. The summed E-state index contributed by atoms with van der Waals surface area (Å²) in [5.74, 6) is 1.44.